The molecule has 1 aromatic rings. The van der Waals surface area contributed by atoms with E-state index in [-0.39, 0.29) is 0 Å². The van der Waals surface area contributed by atoms with Gasteiger partial charge in [0.25, 0.3) is 0 Å². The monoisotopic (exact) mass is 295 g/mol. The summed E-state index contributed by atoms with van der Waals surface area (Å²) in [6.07, 6.45) is 3.29. The Bertz CT molecular complexity index is 594. The Hall–Kier alpha value is -1.27. The second-order valence-corrected chi connectivity index (χ2v) is 7.01. The van der Waals surface area contributed by atoms with Crippen LogP contribution in [0, 0.1) is 0 Å². The van der Waals surface area contributed by atoms with Crippen molar-refractivity contribution < 1.29 is 8.42 Å². The number of hydrogen-bond acceptors (Lipinski definition) is 3. The van der Waals surface area contributed by atoms with Crippen LogP contribution in [-0.2, 0) is 16.6 Å². The van der Waals surface area contributed by atoms with Crippen molar-refractivity contribution in [2.45, 2.75) is 26.2 Å². The van der Waals surface area contributed by atoms with Crippen molar-refractivity contribution in [3.05, 3.63) is 23.8 Å². The molecule has 1 fully saturated rings. The summed E-state index contributed by atoms with van der Waals surface area (Å²) in [6.45, 7) is 4.97. The van der Waals surface area contributed by atoms with E-state index < -0.39 is 10.2 Å². The van der Waals surface area contributed by atoms with Crippen LogP contribution < -0.4 is 13.9 Å². The smallest absolute Gasteiger partial charge is 0.301 e. The molecule has 0 spiro atoms. The Morgan fingerprint density at radius 2 is 1.95 bits per heavy atom. The highest BCUT2D eigenvalue weighted by Gasteiger charge is 2.29. The lowest BCUT2D eigenvalue weighted by Gasteiger charge is -2.21. The number of rotatable bonds is 4. The molecule has 1 N–H and O–H groups in total. The van der Waals surface area contributed by atoms with Crippen molar-refractivity contribution in [3.8, 4) is 0 Å². The van der Waals surface area contributed by atoms with Crippen molar-refractivity contribution in [1.82, 2.24) is 4.72 Å². The Morgan fingerprint density at radius 3 is 2.65 bits per heavy atom. The molecule has 110 valence electrons. The van der Waals surface area contributed by atoms with E-state index in [4.69, 9.17) is 0 Å². The standard InChI is InChI=1S/C14H21N3O2S/c1-2-15-20(18,19)17-10-7-12-11-13(5-6-14(12)17)16-8-3-4-9-16/h5-6,11,15H,2-4,7-10H2,1H3. The van der Waals surface area contributed by atoms with Crippen molar-refractivity contribution in [1.29, 1.82) is 0 Å². The normalized spacial score (nSPS) is 18.6. The molecule has 0 unspecified atom stereocenters. The van der Waals surface area contributed by atoms with Crippen LogP contribution in [0.25, 0.3) is 0 Å². The number of nitrogens with one attached hydrogen (secondary N) is 1. The second-order valence-electron chi connectivity index (χ2n) is 5.33. The SMILES string of the molecule is CCNS(=O)(=O)N1CCc2cc(N3CCCC3)ccc21. The van der Waals surface area contributed by atoms with Gasteiger partial charge in [0.05, 0.1) is 5.69 Å². The number of hydrogen-bond donors (Lipinski definition) is 1. The summed E-state index contributed by atoms with van der Waals surface area (Å²) in [4.78, 5) is 2.38. The Morgan fingerprint density at radius 1 is 1.20 bits per heavy atom. The van der Waals surface area contributed by atoms with Crippen LogP contribution in [0.1, 0.15) is 25.3 Å². The topological polar surface area (TPSA) is 52.7 Å². The fourth-order valence-electron chi connectivity index (χ4n) is 3.04. The third kappa shape index (κ3) is 2.38. The van der Waals surface area contributed by atoms with Gasteiger partial charge in [-0.1, -0.05) is 6.92 Å². The van der Waals surface area contributed by atoms with Crippen molar-refractivity contribution in [2.24, 2.45) is 0 Å². The van der Waals surface area contributed by atoms with Crippen LogP contribution in [0.15, 0.2) is 18.2 Å². The van der Waals surface area contributed by atoms with E-state index in [0.717, 1.165) is 30.8 Å². The van der Waals surface area contributed by atoms with Gasteiger partial charge in [-0.15, -0.1) is 0 Å². The lowest BCUT2D eigenvalue weighted by molar-refractivity contribution is 0.580. The maximum absolute atomic E-state index is 12.1. The predicted molar refractivity (Wildman–Crippen MR) is 81.5 cm³/mol. The molecule has 5 nitrogen and oxygen atoms in total. The molecule has 0 aliphatic carbocycles. The van der Waals surface area contributed by atoms with Crippen LogP contribution >= 0.6 is 0 Å². The maximum atomic E-state index is 12.1. The molecular weight excluding hydrogens is 274 g/mol. The fourth-order valence-corrected chi connectivity index (χ4v) is 4.33. The Kier molecular flexibility index (Phi) is 3.60. The van der Waals surface area contributed by atoms with Crippen molar-refractivity contribution in [3.63, 3.8) is 0 Å². The molecule has 0 aromatic heterocycles. The van der Waals surface area contributed by atoms with Gasteiger partial charge < -0.3 is 4.90 Å². The molecular formula is C14H21N3O2S. The highest BCUT2D eigenvalue weighted by atomic mass is 32.2. The fraction of sp³-hybridized carbons (Fsp3) is 0.571. The van der Waals surface area contributed by atoms with Crippen LogP contribution in [0.2, 0.25) is 0 Å². The average Bonchev–Trinajstić information content (AvgIpc) is 3.07. The van der Waals surface area contributed by atoms with Crippen LogP contribution in [0.3, 0.4) is 0 Å². The zero-order valence-electron chi connectivity index (χ0n) is 11.8. The molecule has 1 aromatic carbocycles. The van der Waals surface area contributed by atoms with Gasteiger partial charge in [0.1, 0.15) is 0 Å². The van der Waals surface area contributed by atoms with Gasteiger partial charge in [-0.25, -0.2) is 0 Å². The second kappa shape index (κ2) is 5.26. The largest absolute Gasteiger partial charge is 0.372 e. The summed E-state index contributed by atoms with van der Waals surface area (Å²) < 4.78 is 28.3. The molecule has 0 saturated carbocycles. The minimum Gasteiger partial charge on any atom is -0.372 e. The van der Waals surface area contributed by atoms with Crippen LogP contribution in [0.5, 0.6) is 0 Å². The zero-order valence-corrected chi connectivity index (χ0v) is 12.6. The first-order valence-electron chi connectivity index (χ1n) is 7.27. The van der Waals surface area contributed by atoms with E-state index in [2.05, 4.69) is 15.7 Å². The van der Waals surface area contributed by atoms with E-state index in [0.29, 0.717) is 13.1 Å². The summed E-state index contributed by atoms with van der Waals surface area (Å²) in [6, 6.07) is 6.15. The molecule has 1 saturated heterocycles. The maximum Gasteiger partial charge on any atom is 0.301 e. The van der Waals surface area contributed by atoms with E-state index in [1.807, 2.05) is 12.1 Å². The van der Waals surface area contributed by atoms with E-state index in [9.17, 15) is 8.42 Å². The van der Waals surface area contributed by atoms with Crippen molar-refractivity contribution in [2.75, 3.05) is 35.4 Å². The number of anilines is 2. The van der Waals surface area contributed by atoms with Crippen LogP contribution in [-0.4, -0.2) is 34.6 Å². The number of benzene rings is 1. The van der Waals surface area contributed by atoms with Gasteiger partial charge in [-0.2, -0.15) is 13.1 Å². The molecule has 0 atom stereocenters. The zero-order chi connectivity index (χ0) is 14.2. The quantitative estimate of drug-likeness (QED) is 0.916. The number of fused-ring (bicyclic) bond motifs is 1. The lowest BCUT2D eigenvalue weighted by Crippen LogP contribution is -2.39. The molecule has 0 radical (unpaired) electrons. The highest BCUT2D eigenvalue weighted by molar-refractivity contribution is 7.90. The summed E-state index contributed by atoms with van der Waals surface area (Å²) in [7, 11) is -3.39. The van der Waals surface area contributed by atoms with E-state index in [1.54, 1.807) is 6.92 Å². The van der Waals surface area contributed by atoms with Gasteiger partial charge in [-0.3, -0.25) is 4.31 Å². The minimum absolute atomic E-state index is 0.417. The summed E-state index contributed by atoms with van der Waals surface area (Å²) >= 11 is 0. The number of nitrogens with zero attached hydrogens (tertiary/aromatic N) is 2. The molecule has 2 aliphatic rings. The average molecular weight is 295 g/mol. The first-order chi connectivity index (χ1) is 9.62. The Labute approximate surface area is 120 Å². The molecule has 6 heteroatoms. The summed E-state index contributed by atoms with van der Waals surface area (Å²) in [5, 5.41) is 0. The summed E-state index contributed by atoms with van der Waals surface area (Å²) in [5.74, 6) is 0. The third-order valence-electron chi connectivity index (χ3n) is 4.00. The minimum atomic E-state index is -3.39. The van der Waals surface area contributed by atoms with E-state index in [1.165, 1.54) is 22.8 Å². The Balaban J connectivity index is 1.88. The third-order valence-corrected chi connectivity index (χ3v) is 5.62. The van der Waals surface area contributed by atoms with Gasteiger partial charge in [0.2, 0.25) is 0 Å². The van der Waals surface area contributed by atoms with Crippen molar-refractivity contribution >= 4 is 21.6 Å². The highest BCUT2D eigenvalue weighted by Crippen LogP contribution is 2.33. The molecule has 20 heavy (non-hydrogen) atoms. The van der Waals surface area contributed by atoms with Gasteiger partial charge in [0.15, 0.2) is 0 Å². The molecule has 0 bridgehead atoms. The predicted octanol–water partition coefficient (Wildman–Crippen LogP) is 1.50. The first-order valence-corrected chi connectivity index (χ1v) is 8.71. The summed E-state index contributed by atoms with van der Waals surface area (Å²) in [5.41, 5.74) is 3.19. The van der Waals surface area contributed by atoms with Gasteiger partial charge >= 0.3 is 10.2 Å². The first kappa shape index (κ1) is 13.7. The molecule has 2 heterocycles. The van der Waals surface area contributed by atoms with Crippen LogP contribution in [0.4, 0.5) is 11.4 Å². The lowest BCUT2D eigenvalue weighted by atomic mass is 10.1. The molecule has 3 rings (SSSR count). The van der Waals surface area contributed by atoms with Gasteiger partial charge in [-0.05, 0) is 43.0 Å². The van der Waals surface area contributed by atoms with Gasteiger partial charge in [0, 0.05) is 31.9 Å². The molecule has 2 aliphatic heterocycles. The van der Waals surface area contributed by atoms with E-state index >= 15 is 0 Å². The molecule has 0 amide bonds.